The average Bonchev–Trinajstić information content (AvgIpc) is 2.81. The Morgan fingerprint density at radius 3 is 2.53 bits per heavy atom. The molecule has 0 aliphatic carbocycles. The molecule has 0 aromatic heterocycles. The molecule has 0 radical (unpaired) electrons. The number of carbonyl (C=O) groups excluding carboxylic acids is 2. The van der Waals surface area contributed by atoms with Gasteiger partial charge in [0.25, 0.3) is 5.69 Å². The Hall–Kier alpha value is -4.16. The molecule has 3 aromatic carbocycles. The first-order chi connectivity index (χ1) is 15.5. The Balaban J connectivity index is 1.58. The molecule has 1 N–H and O–H groups in total. The number of amides is 1. The van der Waals surface area contributed by atoms with Crippen LogP contribution >= 0.6 is 11.8 Å². The van der Waals surface area contributed by atoms with Gasteiger partial charge in [-0.3, -0.25) is 14.9 Å². The summed E-state index contributed by atoms with van der Waals surface area (Å²) in [6, 6.07) is 21.1. The van der Waals surface area contributed by atoms with E-state index >= 15 is 0 Å². The highest BCUT2D eigenvalue weighted by Gasteiger charge is 2.15. The average molecular weight is 447 g/mol. The van der Waals surface area contributed by atoms with Crippen molar-refractivity contribution in [2.45, 2.75) is 11.5 Å². The molecule has 9 heteroatoms. The van der Waals surface area contributed by atoms with Crippen molar-refractivity contribution in [3.8, 4) is 6.07 Å². The molecule has 0 aliphatic rings. The summed E-state index contributed by atoms with van der Waals surface area (Å²) in [4.78, 5) is 35.6. The molecule has 0 fully saturated rings. The summed E-state index contributed by atoms with van der Waals surface area (Å²) in [6.45, 7) is -0.0362. The number of hydrogen-bond acceptors (Lipinski definition) is 7. The van der Waals surface area contributed by atoms with Crippen molar-refractivity contribution in [1.82, 2.24) is 0 Å². The molecule has 3 aromatic rings. The van der Waals surface area contributed by atoms with Crippen LogP contribution in [0.5, 0.6) is 0 Å². The van der Waals surface area contributed by atoms with Crippen molar-refractivity contribution < 1.29 is 19.2 Å². The number of nitro groups is 1. The van der Waals surface area contributed by atoms with Crippen molar-refractivity contribution in [3.05, 3.63) is 99.6 Å². The first-order valence-electron chi connectivity index (χ1n) is 9.38. The number of nitriles is 1. The van der Waals surface area contributed by atoms with Crippen LogP contribution in [-0.2, 0) is 16.1 Å². The molecule has 0 heterocycles. The highest BCUT2D eigenvalue weighted by atomic mass is 32.2. The van der Waals surface area contributed by atoms with Crippen molar-refractivity contribution in [2.24, 2.45) is 0 Å². The van der Waals surface area contributed by atoms with Crippen LogP contribution in [0.4, 0.5) is 11.4 Å². The Kier molecular flexibility index (Phi) is 7.56. The van der Waals surface area contributed by atoms with E-state index in [0.717, 1.165) is 0 Å². The lowest BCUT2D eigenvalue weighted by Gasteiger charge is -2.10. The predicted octanol–water partition coefficient (Wildman–Crippen LogP) is 4.55. The monoisotopic (exact) mass is 447 g/mol. The number of nitrogens with one attached hydrogen (secondary N) is 1. The summed E-state index contributed by atoms with van der Waals surface area (Å²) < 4.78 is 5.33. The summed E-state index contributed by atoms with van der Waals surface area (Å²) in [7, 11) is 0. The zero-order chi connectivity index (χ0) is 22.9. The third-order valence-corrected chi connectivity index (χ3v) is 5.33. The molecular weight excluding hydrogens is 430 g/mol. The fourth-order valence-electron chi connectivity index (χ4n) is 2.71. The number of nitrogens with zero attached hydrogens (tertiary/aromatic N) is 2. The largest absolute Gasteiger partial charge is 0.457 e. The van der Waals surface area contributed by atoms with Crippen LogP contribution in [0.1, 0.15) is 21.5 Å². The molecule has 0 spiro atoms. The van der Waals surface area contributed by atoms with Crippen LogP contribution in [-0.4, -0.2) is 22.6 Å². The third kappa shape index (κ3) is 6.17. The minimum Gasteiger partial charge on any atom is -0.457 e. The van der Waals surface area contributed by atoms with Gasteiger partial charge in [-0.25, -0.2) is 4.79 Å². The highest BCUT2D eigenvalue weighted by Crippen LogP contribution is 2.24. The predicted molar refractivity (Wildman–Crippen MR) is 119 cm³/mol. The third-order valence-electron chi connectivity index (χ3n) is 4.26. The fourth-order valence-corrected chi connectivity index (χ4v) is 3.55. The quantitative estimate of drug-likeness (QED) is 0.232. The van der Waals surface area contributed by atoms with E-state index in [1.54, 1.807) is 48.5 Å². The summed E-state index contributed by atoms with van der Waals surface area (Å²) >= 11 is 1.19. The molecule has 160 valence electrons. The Morgan fingerprint density at radius 2 is 1.81 bits per heavy atom. The normalized spacial score (nSPS) is 10.1. The maximum Gasteiger partial charge on any atom is 0.339 e. The van der Waals surface area contributed by atoms with Crippen molar-refractivity contribution in [2.75, 3.05) is 11.1 Å². The van der Waals surface area contributed by atoms with E-state index in [4.69, 9.17) is 10.00 Å². The number of anilines is 1. The standard InChI is InChI=1S/C23H17N3O5S/c24-13-17-4-3-5-18(12-17)25-22(27)15-32-21-7-2-1-6-20(21)23(28)31-14-16-8-10-19(11-9-16)26(29)30/h1-12H,14-15H2,(H,25,27). The molecule has 8 nitrogen and oxygen atoms in total. The first kappa shape index (κ1) is 22.5. The maximum absolute atomic E-state index is 12.5. The van der Waals surface area contributed by atoms with Gasteiger partial charge >= 0.3 is 5.97 Å². The highest BCUT2D eigenvalue weighted by molar-refractivity contribution is 8.00. The maximum atomic E-state index is 12.5. The summed E-state index contributed by atoms with van der Waals surface area (Å²) in [5.41, 5.74) is 1.85. The lowest BCUT2D eigenvalue weighted by Crippen LogP contribution is -2.14. The van der Waals surface area contributed by atoms with Gasteiger partial charge in [-0.05, 0) is 48.0 Å². The number of carbonyl (C=O) groups is 2. The van der Waals surface area contributed by atoms with Gasteiger partial charge in [0.15, 0.2) is 0 Å². The Bertz CT molecular complexity index is 1190. The SMILES string of the molecule is N#Cc1cccc(NC(=O)CSc2ccccc2C(=O)OCc2ccc([N+](=O)[O-])cc2)c1. The second-order valence-corrected chi connectivity index (χ2v) is 7.54. The molecular formula is C23H17N3O5S. The minimum atomic E-state index is -0.561. The molecule has 0 aliphatic heterocycles. The number of ether oxygens (including phenoxy) is 1. The number of rotatable bonds is 8. The minimum absolute atomic E-state index is 0.0362. The van der Waals surface area contributed by atoms with E-state index in [9.17, 15) is 19.7 Å². The van der Waals surface area contributed by atoms with E-state index in [0.29, 0.717) is 27.3 Å². The van der Waals surface area contributed by atoms with Gasteiger partial charge in [-0.1, -0.05) is 18.2 Å². The number of esters is 1. The summed E-state index contributed by atoms with van der Waals surface area (Å²) in [6.07, 6.45) is 0. The molecule has 0 unspecified atom stereocenters. The van der Waals surface area contributed by atoms with Gasteiger partial charge in [0.2, 0.25) is 5.91 Å². The lowest BCUT2D eigenvalue weighted by molar-refractivity contribution is -0.384. The molecule has 0 saturated carbocycles. The number of benzene rings is 3. The zero-order valence-corrected chi connectivity index (χ0v) is 17.5. The molecule has 0 saturated heterocycles. The number of nitro benzene ring substituents is 1. The molecule has 0 atom stereocenters. The van der Waals surface area contributed by atoms with E-state index < -0.39 is 10.9 Å². The van der Waals surface area contributed by atoms with Crippen LogP contribution in [0.15, 0.2) is 77.7 Å². The zero-order valence-electron chi connectivity index (χ0n) is 16.7. The second-order valence-electron chi connectivity index (χ2n) is 6.53. The number of thioether (sulfide) groups is 1. The summed E-state index contributed by atoms with van der Waals surface area (Å²) in [5.74, 6) is -0.781. The number of hydrogen-bond donors (Lipinski definition) is 1. The van der Waals surface area contributed by atoms with E-state index in [-0.39, 0.29) is 24.0 Å². The molecule has 3 rings (SSSR count). The Labute approximate surface area is 188 Å². The van der Waals surface area contributed by atoms with E-state index in [2.05, 4.69) is 5.32 Å². The van der Waals surface area contributed by atoms with E-state index in [1.165, 1.54) is 36.0 Å². The Morgan fingerprint density at radius 1 is 1.06 bits per heavy atom. The summed E-state index contributed by atoms with van der Waals surface area (Å²) in [5, 5.41) is 22.4. The topological polar surface area (TPSA) is 122 Å². The smallest absolute Gasteiger partial charge is 0.339 e. The van der Waals surface area contributed by atoms with Crippen LogP contribution in [0, 0.1) is 21.4 Å². The molecule has 32 heavy (non-hydrogen) atoms. The van der Waals surface area contributed by atoms with Gasteiger partial charge in [0.1, 0.15) is 6.61 Å². The van der Waals surface area contributed by atoms with Crippen molar-refractivity contribution in [1.29, 1.82) is 5.26 Å². The van der Waals surface area contributed by atoms with Crippen molar-refractivity contribution in [3.63, 3.8) is 0 Å². The number of non-ortho nitro benzene ring substituents is 1. The molecule has 1 amide bonds. The van der Waals surface area contributed by atoms with Crippen molar-refractivity contribution >= 4 is 35.0 Å². The van der Waals surface area contributed by atoms with Crippen LogP contribution < -0.4 is 5.32 Å². The van der Waals surface area contributed by atoms with Crippen LogP contribution in [0.3, 0.4) is 0 Å². The first-order valence-corrected chi connectivity index (χ1v) is 10.4. The lowest BCUT2D eigenvalue weighted by atomic mass is 10.2. The van der Waals surface area contributed by atoms with Crippen LogP contribution in [0.25, 0.3) is 0 Å². The van der Waals surface area contributed by atoms with Gasteiger partial charge in [0.05, 0.1) is 27.9 Å². The van der Waals surface area contributed by atoms with Gasteiger partial charge in [-0.2, -0.15) is 5.26 Å². The molecule has 0 bridgehead atoms. The van der Waals surface area contributed by atoms with Gasteiger partial charge in [-0.15, -0.1) is 11.8 Å². The second kappa shape index (κ2) is 10.7. The fraction of sp³-hybridized carbons (Fsp3) is 0.0870. The van der Waals surface area contributed by atoms with Crippen LogP contribution in [0.2, 0.25) is 0 Å². The van der Waals surface area contributed by atoms with Gasteiger partial charge in [0, 0.05) is 22.7 Å². The van der Waals surface area contributed by atoms with Gasteiger partial charge < -0.3 is 10.1 Å². The van der Waals surface area contributed by atoms with E-state index in [1.807, 2.05) is 6.07 Å².